The van der Waals surface area contributed by atoms with Crippen molar-refractivity contribution in [1.29, 1.82) is 0 Å². The second-order valence-electron chi connectivity index (χ2n) is 0.781. The second kappa shape index (κ2) is 1.00. The topological polar surface area (TPSA) is 0 Å². The Morgan fingerprint density at radius 3 is 1.20 bits per heavy atom. The van der Waals surface area contributed by atoms with E-state index in [4.69, 9.17) is 0 Å². The molecule has 0 nitrogen and oxygen atoms in total. The van der Waals surface area contributed by atoms with Gasteiger partial charge in [0.15, 0.2) is 0 Å². The molecule has 5 heavy (non-hydrogen) atoms. The predicted octanol–water partition coefficient (Wildman–Crippen LogP) is 1.46. The molecule has 0 atom stereocenters. The average Bonchev–Trinajstić information content (AvgIpc) is 0.722. The molecule has 0 aliphatic carbocycles. The van der Waals surface area contributed by atoms with E-state index in [1.165, 1.54) is 0 Å². The lowest BCUT2D eigenvalue weighted by Gasteiger charge is -1.82. The third-order valence-electron chi connectivity index (χ3n) is 0. The van der Waals surface area contributed by atoms with E-state index in [-0.39, 0.29) is 0 Å². The highest BCUT2D eigenvalue weighted by atomic mass is 28.5. The lowest BCUT2D eigenvalue weighted by atomic mass is 11.9. The smallest absolute Gasteiger partial charge is 0.238 e. The van der Waals surface area contributed by atoms with E-state index in [9.17, 15) is 12.3 Å². The zero-order valence-corrected chi connectivity index (χ0v) is 3.63. The Bertz CT molecular complexity index is 22.4. The first kappa shape index (κ1) is 5.01. The predicted molar refractivity (Wildman–Crippen MR) is 14.9 cm³/mol. The molecule has 0 fully saturated rings. The van der Waals surface area contributed by atoms with Gasteiger partial charge in [0, 0.05) is 6.55 Å². The molecule has 0 saturated heterocycles. The summed E-state index contributed by atoms with van der Waals surface area (Å²) < 4.78 is 31.5. The van der Waals surface area contributed by atoms with Crippen LogP contribution >= 0.6 is 0 Å². The standard InChI is InChI=1S/CH3F3Si/c1-5(2,3)4/h1H3. The van der Waals surface area contributed by atoms with Gasteiger partial charge in [0.05, 0.1) is 0 Å². The SMILES string of the molecule is C[Si](F)(F)F. The minimum atomic E-state index is -5.11. The fourth-order valence-corrected chi connectivity index (χ4v) is 0. The monoisotopic (exact) mass is 100.0 g/mol. The highest BCUT2D eigenvalue weighted by Gasteiger charge is 2.26. The Hall–Kier alpha value is 0.00688. The van der Waals surface area contributed by atoms with Crippen LogP contribution in [-0.4, -0.2) is 9.08 Å². The van der Waals surface area contributed by atoms with E-state index < -0.39 is 9.08 Å². The molecule has 0 unspecified atom stereocenters. The van der Waals surface area contributed by atoms with Crippen LogP contribution in [0.3, 0.4) is 0 Å². The van der Waals surface area contributed by atoms with Gasteiger partial charge in [-0.1, -0.05) is 0 Å². The Morgan fingerprint density at radius 2 is 1.20 bits per heavy atom. The third kappa shape index (κ3) is 341000. The fraction of sp³-hybridized carbons (Fsp3) is 1.00. The molecule has 0 aromatic rings. The van der Waals surface area contributed by atoms with Crippen LogP contribution in [-0.2, 0) is 0 Å². The van der Waals surface area contributed by atoms with E-state index in [0.29, 0.717) is 6.55 Å². The molecule has 0 aromatic heterocycles. The van der Waals surface area contributed by atoms with E-state index in [1.807, 2.05) is 0 Å². The molecular formula is CH3F3Si. The van der Waals surface area contributed by atoms with Crippen LogP contribution < -0.4 is 0 Å². The van der Waals surface area contributed by atoms with Crippen molar-refractivity contribution in [2.75, 3.05) is 0 Å². The summed E-state index contributed by atoms with van der Waals surface area (Å²) in [5, 5.41) is 0. The van der Waals surface area contributed by atoms with Gasteiger partial charge in [-0.25, -0.2) is 12.3 Å². The Morgan fingerprint density at radius 1 is 1.20 bits per heavy atom. The first-order valence-electron chi connectivity index (χ1n) is 1.07. The molecule has 4 heteroatoms. The summed E-state index contributed by atoms with van der Waals surface area (Å²) >= 11 is 0. The van der Waals surface area contributed by atoms with Crippen molar-refractivity contribution in [3.8, 4) is 0 Å². The van der Waals surface area contributed by atoms with Crippen LogP contribution in [0.1, 0.15) is 0 Å². The van der Waals surface area contributed by atoms with Gasteiger partial charge in [0.2, 0.25) is 0 Å². The number of hydrogen-bond acceptors (Lipinski definition) is 0. The molecule has 0 amide bonds. The molecule has 0 N–H and O–H groups in total. The van der Waals surface area contributed by atoms with Gasteiger partial charge >= 0.3 is 9.08 Å². The van der Waals surface area contributed by atoms with Gasteiger partial charge in [-0.05, 0) is 0 Å². The van der Waals surface area contributed by atoms with E-state index in [0.717, 1.165) is 0 Å². The van der Waals surface area contributed by atoms with Crippen molar-refractivity contribution < 1.29 is 12.3 Å². The number of hydrogen-bond donors (Lipinski definition) is 0. The van der Waals surface area contributed by atoms with Crippen LogP contribution in [0.4, 0.5) is 12.3 Å². The molecular weight excluding hydrogens is 97.1 g/mol. The van der Waals surface area contributed by atoms with E-state index in [2.05, 4.69) is 0 Å². The van der Waals surface area contributed by atoms with Crippen LogP contribution in [0.5, 0.6) is 0 Å². The molecule has 0 radical (unpaired) electrons. The minimum absolute atomic E-state index is 0.326. The summed E-state index contributed by atoms with van der Waals surface area (Å²) in [6.07, 6.45) is 0. The van der Waals surface area contributed by atoms with Gasteiger partial charge in [-0.2, -0.15) is 0 Å². The van der Waals surface area contributed by atoms with Gasteiger partial charge in [-0.15, -0.1) is 0 Å². The zero-order valence-electron chi connectivity index (χ0n) is 2.63. The van der Waals surface area contributed by atoms with E-state index >= 15 is 0 Å². The lowest BCUT2D eigenvalue weighted by Crippen LogP contribution is -2.04. The molecule has 0 bridgehead atoms. The molecule has 0 spiro atoms. The molecule has 32 valence electrons. The number of rotatable bonds is 0. The first-order chi connectivity index (χ1) is 2.00. The molecule has 0 rings (SSSR count). The lowest BCUT2D eigenvalue weighted by molar-refractivity contribution is 0.487. The Labute approximate surface area is 29.1 Å². The normalized spacial score (nSPS) is 12.0. The maximum atomic E-state index is 10.5. The zero-order chi connectivity index (χ0) is 4.50. The molecule has 0 aliphatic heterocycles. The summed E-state index contributed by atoms with van der Waals surface area (Å²) in [5.74, 6) is 0. The van der Waals surface area contributed by atoms with Gasteiger partial charge in [0.1, 0.15) is 0 Å². The highest BCUT2D eigenvalue weighted by molar-refractivity contribution is 6.56. The third-order valence-corrected chi connectivity index (χ3v) is 0. The van der Waals surface area contributed by atoms with E-state index in [1.54, 1.807) is 0 Å². The summed E-state index contributed by atoms with van der Waals surface area (Å²) in [5.41, 5.74) is 0. The van der Waals surface area contributed by atoms with Crippen LogP contribution in [0.2, 0.25) is 6.55 Å². The van der Waals surface area contributed by atoms with Crippen molar-refractivity contribution in [3.05, 3.63) is 0 Å². The van der Waals surface area contributed by atoms with Crippen molar-refractivity contribution >= 4 is 9.08 Å². The highest BCUT2D eigenvalue weighted by Crippen LogP contribution is 2.03. The average molecular weight is 100 g/mol. The summed E-state index contributed by atoms with van der Waals surface area (Å²) in [6, 6.07) is 0. The largest absolute Gasteiger partial charge is 0.612 e. The fourth-order valence-electron chi connectivity index (χ4n) is 0. The molecule has 0 aliphatic rings. The number of halogens is 3. The van der Waals surface area contributed by atoms with Crippen molar-refractivity contribution in [2.45, 2.75) is 6.55 Å². The first-order valence-corrected chi connectivity index (χ1v) is 3.20. The summed E-state index contributed by atoms with van der Waals surface area (Å²) in [4.78, 5) is 0. The molecule has 0 heterocycles. The summed E-state index contributed by atoms with van der Waals surface area (Å²) in [6.45, 7) is 0.326. The minimum Gasteiger partial charge on any atom is -0.238 e. The maximum Gasteiger partial charge on any atom is 0.612 e. The quantitative estimate of drug-likeness (QED) is 0.319. The molecule has 0 saturated carbocycles. The van der Waals surface area contributed by atoms with Crippen molar-refractivity contribution in [3.63, 3.8) is 0 Å². The van der Waals surface area contributed by atoms with Crippen LogP contribution in [0.25, 0.3) is 0 Å². The second-order valence-corrected chi connectivity index (χ2v) is 2.34. The van der Waals surface area contributed by atoms with Gasteiger partial charge in [-0.3, -0.25) is 0 Å². The summed E-state index contributed by atoms with van der Waals surface area (Å²) in [7, 11) is -5.11. The van der Waals surface area contributed by atoms with Crippen LogP contribution in [0, 0.1) is 0 Å². The Balaban J connectivity index is 3.02. The van der Waals surface area contributed by atoms with Crippen LogP contribution in [0.15, 0.2) is 0 Å². The van der Waals surface area contributed by atoms with Crippen molar-refractivity contribution in [1.82, 2.24) is 0 Å². The molecule has 0 aromatic carbocycles. The Kier molecular flexibility index (Phi) is 1.01. The van der Waals surface area contributed by atoms with Gasteiger partial charge < -0.3 is 0 Å². The van der Waals surface area contributed by atoms with Crippen molar-refractivity contribution in [2.24, 2.45) is 0 Å². The maximum absolute atomic E-state index is 10.5. The van der Waals surface area contributed by atoms with Gasteiger partial charge in [0.25, 0.3) is 0 Å².